The molecule has 0 amide bonds. The van der Waals surface area contributed by atoms with Crippen LogP contribution >= 0.6 is 0 Å². The van der Waals surface area contributed by atoms with Crippen molar-refractivity contribution in [3.05, 3.63) is 144 Å². The molecule has 2 atom stereocenters. The summed E-state index contributed by atoms with van der Waals surface area (Å²) >= 11 is -2.90. The normalized spacial score (nSPS) is 17.3. The zero-order chi connectivity index (χ0) is 25.6. The van der Waals surface area contributed by atoms with Gasteiger partial charge < -0.3 is 10.2 Å². The van der Waals surface area contributed by atoms with Gasteiger partial charge in [0.05, 0.1) is 0 Å². The first-order valence-electron chi connectivity index (χ1n) is 12.4. The maximum atomic E-state index is 10.3. The molecule has 0 heterocycles. The Morgan fingerprint density at radius 3 is 1.19 bits per heavy atom. The number of para-hydroxylation sites is 2. The Kier molecular flexibility index (Phi) is 7.97. The van der Waals surface area contributed by atoms with Crippen molar-refractivity contribution in [2.75, 3.05) is 0 Å². The van der Waals surface area contributed by atoms with E-state index >= 15 is 0 Å². The number of rotatable bonds is 2. The summed E-state index contributed by atoms with van der Waals surface area (Å²) < 4.78 is 6.79. The van der Waals surface area contributed by atoms with Crippen molar-refractivity contribution in [1.82, 2.24) is 0 Å². The van der Waals surface area contributed by atoms with Crippen molar-refractivity contribution in [2.24, 2.45) is 0 Å². The predicted molar refractivity (Wildman–Crippen MR) is 150 cm³/mol. The molecule has 0 radical (unpaired) electrons. The Balaban J connectivity index is 0.000000177. The summed E-state index contributed by atoms with van der Waals surface area (Å²) in [4.78, 5) is 0. The molecule has 4 aromatic carbocycles. The zero-order valence-electron chi connectivity index (χ0n) is 21.2. The van der Waals surface area contributed by atoms with E-state index in [0.29, 0.717) is 7.25 Å². The zero-order valence-corrected chi connectivity index (χ0v) is 25.6. The van der Waals surface area contributed by atoms with E-state index in [1.807, 2.05) is 12.1 Å². The standard InChI is InChI=1S/2C9H7.2C6H6O.2CH3.H3Si.Zr/c2*1-2-5-9-7-3-6-8(9)4-1;2*7-6-4-2-1-3-5-6;;;;/h2*1-7H;2*1-5,7H;3*1H3;/q;;;;;;;+2/p-2. The van der Waals surface area contributed by atoms with Gasteiger partial charge in [-0.2, -0.15) is 0 Å². The largest absolute Gasteiger partial charge is 0.872 e. The van der Waals surface area contributed by atoms with Crippen LogP contribution in [0, 0.1) is 0 Å². The van der Waals surface area contributed by atoms with Crippen LogP contribution in [0.15, 0.2) is 121 Å². The van der Waals surface area contributed by atoms with Crippen LogP contribution in [0.25, 0.3) is 12.2 Å². The molecule has 2 nitrogen and oxygen atoms in total. The maximum Gasteiger partial charge on any atom is -0.0623 e. The van der Waals surface area contributed by atoms with Crippen LogP contribution in [0.4, 0.5) is 0 Å². The minimum Gasteiger partial charge on any atom is -0.872 e. The van der Waals surface area contributed by atoms with E-state index in [9.17, 15) is 10.2 Å². The summed E-state index contributed by atoms with van der Waals surface area (Å²) in [5, 5.41) is 20.5. The molecular weight excluding hydrogens is 536 g/mol. The molecule has 6 rings (SSSR count). The molecule has 36 heavy (non-hydrogen) atoms. The van der Waals surface area contributed by atoms with Crippen LogP contribution in [0.5, 0.6) is 11.5 Å². The van der Waals surface area contributed by atoms with E-state index in [0.717, 1.165) is 0 Å². The van der Waals surface area contributed by atoms with Crippen LogP contribution in [0.1, 0.15) is 29.5 Å². The molecule has 181 valence electrons. The first kappa shape index (κ1) is 26.1. The Hall–Kier alpha value is -2.94. The fraction of sp³-hybridized carbons (Fsp3) is 0.125. The van der Waals surface area contributed by atoms with Crippen LogP contribution in [0.3, 0.4) is 0 Å². The monoisotopic (exact) mass is 567 g/mol. The summed E-state index contributed by atoms with van der Waals surface area (Å²) in [5.41, 5.74) is 6.07. The molecule has 0 saturated heterocycles. The second kappa shape index (κ2) is 11.0. The Morgan fingerprint density at radius 1 is 0.528 bits per heavy atom. The van der Waals surface area contributed by atoms with Crippen LogP contribution in [-0.2, 0) is 17.9 Å². The van der Waals surface area contributed by atoms with E-state index in [2.05, 4.69) is 82.1 Å². The summed E-state index contributed by atoms with van der Waals surface area (Å²) in [6.45, 7) is 0. The van der Waals surface area contributed by atoms with Gasteiger partial charge >= 0.3 is 137 Å². The fourth-order valence-corrected chi connectivity index (χ4v) is 22.9. The van der Waals surface area contributed by atoms with Crippen molar-refractivity contribution in [3.63, 3.8) is 0 Å². The summed E-state index contributed by atoms with van der Waals surface area (Å²) in [6, 6.07) is 34.7. The van der Waals surface area contributed by atoms with Gasteiger partial charge in [-0.3, -0.25) is 0 Å². The van der Waals surface area contributed by atoms with Gasteiger partial charge in [-0.1, -0.05) is 60.7 Å². The average Bonchev–Trinajstić information content (AvgIpc) is 3.52. The maximum absolute atomic E-state index is 10.3. The van der Waals surface area contributed by atoms with Crippen molar-refractivity contribution in [1.29, 1.82) is 0 Å². The van der Waals surface area contributed by atoms with Gasteiger partial charge in [0, 0.05) is 0 Å². The average molecular weight is 569 g/mol. The van der Waals surface area contributed by atoms with E-state index in [1.54, 1.807) is 35.4 Å². The topological polar surface area (TPSA) is 46.1 Å². The van der Waals surface area contributed by atoms with Crippen LogP contribution in [0.2, 0.25) is 9.26 Å². The predicted octanol–water partition coefficient (Wildman–Crippen LogP) is 6.11. The molecule has 0 fully saturated rings. The molecule has 0 bridgehead atoms. The Labute approximate surface area is 218 Å². The Bertz CT molecular complexity index is 1250. The molecule has 0 aliphatic heterocycles. The second-order valence-electron chi connectivity index (χ2n) is 11.0. The van der Waals surface area contributed by atoms with Gasteiger partial charge in [0.1, 0.15) is 0 Å². The first-order chi connectivity index (χ1) is 17.2. The number of allylic oxidation sites excluding steroid dienone is 2. The van der Waals surface area contributed by atoms with Gasteiger partial charge in [0.15, 0.2) is 0 Å². The van der Waals surface area contributed by atoms with Crippen molar-refractivity contribution in [3.8, 4) is 11.5 Å². The number of hydrogen-bond donors (Lipinski definition) is 0. The molecular formula is C32H33O2SiZr. The van der Waals surface area contributed by atoms with E-state index in [-0.39, 0.29) is 11.5 Å². The third-order valence-corrected chi connectivity index (χ3v) is 28.1. The third kappa shape index (κ3) is 5.88. The second-order valence-corrected chi connectivity index (χ2v) is 49.4. The van der Waals surface area contributed by atoms with Gasteiger partial charge in [0.25, 0.3) is 0 Å². The van der Waals surface area contributed by atoms with E-state index in [4.69, 9.17) is 0 Å². The minimum atomic E-state index is -2.90. The summed E-state index contributed by atoms with van der Waals surface area (Å²) in [7, 11) is 1.34. The summed E-state index contributed by atoms with van der Waals surface area (Å²) in [6.07, 6.45) is 9.78. The molecule has 0 aromatic heterocycles. The smallest absolute Gasteiger partial charge is 0.0623 e. The van der Waals surface area contributed by atoms with Crippen molar-refractivity contribution in [2.45, 2.75) is 16.5 Å². The van der Waals surface area contributed by atoms with Gasteiger partial charge in [-0.05, 0) is 0 Å². The molecule has 2 unspecified atom stereocenters. The number of hydrogen-bond acceptors (Lipinski definition) is 2. The quantitative estimate of drug-likeness (QED) is 0.274. The SMILES string of the molecule is [CH3][Zr+2]([CH3])([SiH3])([CH]1C=Cc2ccccc21)[CH]1C=Cc2ccccc21.[O-]c1ccccc1.[O-]c1ccccc1. The number of fused-ring (bicyclic) bond motifs is 2. The fourth-order valence-electron chi connectivity index (χ4n) is 5.33. The molecule has 4 heteroatoms. The van der Waals surface area contributed by atoms with Gasteiger partial charge in [-0.25, -0.2) is 0 Å². The third-order valence-electron chi connectivity index (χ3n) is 7.31. The molecule has 4 aromatic rings. The molecule has 2 aliphatic rings. The van der Waals surface area contributed by atoms with Crippen LogP contribution < -0.4 is 10.2 Å². The summed E-state index contributed by atoms with van der Waals surface area (Å²) in [5.74, 6) is 0.144. The van der Waals surface area contributed by atoms with Crippen LogP contribution in [-0.4, -0.2) is 7.37 Å². The van der Waals surface area contributed by atoms with Crippen molar-refractivity contribution < 1.29 is 28.2 Å². The Morgan fingerprint density at radius 2 is 0.861 bits per heavy atom. The van der Waals surface area contributed by atoms with Gasteiger partial charge in [-0.15, -0.1) is 11.5 Å². The minimum absolute atomic E-state index is 0.0718. The molecule has 0 saturated carbocycles. The molecule has 2 aliphatic carbocycles. The first-order valence-corrected chi connectivity index (χ1v) is 28.6. The van der Waals surface area contributed by atoms with E-state index < -0.39 is 17.9 Å². The molecule has 0 N–H and O–H groups in total. The number of benzene rings is 4. The van der Waals surface area contributed by atoms with Crippen molar-refractivity contribution >= 4 is 19.5 Å². The molecule has 0 spiro atoms. The van der Waals surface area contributed by atoms with E-state index in [1.165, 1.54) is 42.8 Å². The van der Waals surface area contributed by atoms with Gasteiger partial charge in [0.2, 0.25) is 0 Å².